The summed E-state index contributed by atoms with van der Waals surface area (Å²) in [5.74, 6) is 0.663. The van der Waals surface area contributed by atoms with Crippen molar-refractivity contribution in [3.05, 3.63) is 40.9 Å². The van der Waals surface area contributed by atoms with E-state index in [-0.39, 0.29) is 0 Å². The van der Waals surface area contributed by atoms with Crippen LogP contribution in [0.15, 0.2) is 45.9 Å². The minimum Gasteiger partial charge on any atom is -0.387 e. The Morgan fingerprint density at radius 1 is 1.19 bits per heavy atom. The quantitative estimate of drug-likeness (QED) is 0.654. The van der Waals surface area contributed by atoms with Gasteiger partial charge in [-0.2, -0.15) is 0 Å². The molecule has 16 heavy (non-hydrogen) atoms. The van der Waals surface area contributed by atoms with Crippen LogP contribution in [0.5, 0.6) is 0 Å². The zero-order chi connectivity index (χ0) is 11.5. The van der Waals surface area contributed by atoms with Crippen molar-refractivity contribution in [3.63, 3.8) is 0 Å². The number of nitrogens with zero attached hydrogens (tertiary/aromatic N) is 1. The lowest BCUT2D eigenvalue weighted by Gasteiger charge is -2.01. The number of fused-ring (bicyclic) bond motifs is 1. The van der Waals surface area contributed by atoms with Gasteiger partial charge in [-0.3, -0.25) is 0 Å². The number of halogens is 1. The van der Waals surface area contributed by atoms with Gasteiger partial charge in [-0.1, -0.05) is 35.0 Å². The van der Waals surface area contributed by atoms with Crippen molar-refractivity contribution in [1.82, 2.24) is 0 Å². The van der Waals surface area contributed by atoms with Crippen molar-refractivity contribution in [3.8, 4) is 0 Å². The Hall–Kier alpha value is -1.35. The maximum absolute atomic E-state index is 5.72. The van der Waals surface area contributed by atoms with Gasteiger partial charge < -0.3 is 5.73 Å². The van der Waals surface area contributed by atoms with E-state index in [4.69, 9.17) is 5.73 Å². The fourth-order valence-electron chi connectivity index (χ4n) is 1.52. The van der Waals surface area contributed by atoms with Crippen molar-refractivity contribution in [2.75, 3.05) is 0 Å². The summed E-state index contributed by atoms with van der Waals surface area (Å²) >= 11 is 3.45. The fourth-order valence-corrected chi connectivity index (χ4v) is 1.90. The van der Waals surface area contributed by atoms with Crippen LogP contribution in [-0.2, 0) is 0 Å². The molecule has 0 saturated heterocycles. The number of benzene rings is 2. The molecule has 0 amide bonds. The summed E-state index contributed by atoms with van der Waals surface area (Å²) in [7, 11) is 0. The van der Waals surface area contributed by atoms with E-state index in [1.165, 1.54) is 10.8 Å². The molecule has 0 aliphatic carbocycles. The molecule has 0 radical (unpaired) electrons. The van der Waals surface area contributed by atoms with Gasteiger partial charge in [-0.25, -0.2) is 4.99 Å². The van der Waals surface area contributed by atoms with E-state index in [2.05, 4.69) is 39.1 Å². The first-order valence-corrected chi connectivity index (χ1v) is 6.00. The minimum absolute atomic E-state index is 0.663. The monoisotopic (exact) mass is 276 g/mol. The van der Waals surface area contributed by atoms with E-state index in [9.17, 15) is 0 Å². The van der Waals surface area contributed by atoms with Crippen LogP contribution in [0.25, 0.3) is 10.8 Å². The highest BCUT2D eigenvalue weighted by Gasteiger charge is 1.97. The second-order valence-electron chi connectivity index (χ2n) is 3.63. The third kappa shape index (κ3) is 2.42. The molecular weight excluding hydrogens is 264 g/mol. The molecule has 0 aliphatic rings. The van der Waals surface area contributed by atoms with E-state index in [0.717, 1.165) is 16.6 Å². The van der Waals surface area contributed by atoms with E-state index in [0.29, 0.717) is 5.84 Å². The number of nitrogens with two attached hydrogens (primary N) is 1. The van der Waals surface area contributed by atoms with Crippen molar-refractivity contribution in [2.45, 2.75) is 13.3 Å². The molecule has 2 aromatic rings. The van der Waals surface area contributed by atoms with Crippen molar-refractivity contribution >= 4 is 38.2 Å². The molecular formula is C13H13BrN2. The van der Waals surface area contributed by atoms with Gasteiger partial charge in [-0.15, -0.1) is 0 Å². The molecule has 2 aromatic carbocycles. The van der Waals surface area contributed by atoms with E-state index in [1.54, 1.807) is 0 Å². The maximum atomic E-state index is 5.72. The summed E-state index contributed by atoms with van der Waals surface area (Å²) in [6.07, 6.45) is 0.776. The van der Waals surface area contributed by atoms with Crippen LogP contribution in [0.1, 0.15) is 13.3 Å². The van der Waals surface area contributed by atoms with Crippen LogP contribution in [0, 0.1) is 0 Å². The van der Waals surface area contributed by atoms with Crippen molar-refractivity contribution in [2.24, 2.45) is 10.7 Å². The maximum Gasteiger partial charge on any atom is 0.0993 e. The molecule has 82 valence electrons. The Balaban J connectivity index is 2.48. The summed E-state index contributed by atoms with van der Waals surface area (Å²) in [5, 5.41) is 2.37. The Morgan fingerprint density at radius 2 is 1.88 bits per heavy atom. The minimum atomic E-state index is 0.663. The molecule has 0 spiro atoms. The van der Waals surface area contributed by atoms with E-state index in [1.807, 2.05) is 25.1 Å². The normalized spacial score (nSPS) is 12.0. The SMILES string of the molecule is CCC(N)=Nc1ccc2cc(Br)ccc2c1. The fraction of sp³-hybridized carbons (Fsp3) is 0.154. The Morgan fingerprint density at radius 3 is 2.62 bits per heavy atom. The first kappa shape index (κ1) is 11.1. The van der Waals surface area contributed by atoms with Crippen LogP contribution in [-0.4, -0.2) is 5.84 Å². The van der Waals surface area contributed by atoms with Gasteiger partial charge in [0.1, 0.15) is 0 Å². The van der Waals surface area contributed by atoms with Crippen molar-refractivity contribution in [1.29, 1.82) is 0 Å². The van der Waals surface area contributed by atoms with Gasteiger partial charge in [0.2, 0.25) is 0 Å². The number of rotatable bonds is 2. The Bertz CT molecular complexity index is 547. The average Bonchev–Trinajstić information content (AvgIpc) is 2.29. The molecule has 0 aromatic heterocycles. The number of aliphatic imine (C=N–C) groups is 1. The smallest absolute Gasteiger partial charge is 0.0993 e. The lowest BCUT2D eigenvalue weighted by Crippen LogP contribution is -2.08. The van der Waals surface area contributed by atoms with E-state index < -0.39 is 0 Å². The van der Waals surface area contributed by atoms with Crippen LogP contribution in [0.2, 0.25) is 0 Å². The first-order valence-electron chi connectivity index (χ1n) is 5.21. The number of hydrogen-bond donors (Lipinski definition) is 1. The number of hydrogen-bond acceptors (Lipinski definition) is 1. The van der Waals surface area contributed by atoms with Crippen LogP contribution in [0.3, 0.4) is 0 Å². The summed E-state index contributed by atoms with van der Waals surface area (Å²) in [5.41, 5.74) is 6.63. The first-order chi connectivity index (χ1) is 7.69. The highest BCUT2D eigenvalue weighted by Crippen LogP contribution is 2.24. The lowest BCUT2D eigenvalue weighted by molar-refractivity contribution is 1.24. The second kappa shape index (κ2) is 4.66. The summed E-state index contributed by atoms with van der Waals surface area (Å²) in [4.78, 5) is 4.33. The lowest BCUT2D eigenvalue weighted by atomic mass is 10.1. The molecule has 0 unspecified atom stereocenters. The molecule has 0 atom stereocenters. The Labute approximate surface area is 103 Å². The second-order valence-corrected chi connectivity index (χ2v) is 4.55. The predicted octanol–water partition coefficient (Wildman–Crippen LogP) is 4.00. The molecule has 3 heteroatoms. The van der Waals surface area contributed by atoms with Gasteiger partial charge in [0.25, 0.3) is 0 Å². The van der Waals surface area contributed by atoms with Gasteiger partial charge in [-0.05, 0) is 35.0 Å². The zero-order valence-electron chi connectivity index (χ0n) is 9.07. The van der Waals surface area contributed by atoms with E-state index >= 15 is 0 Å². The van der Waals surface area contributed by atoms with Crippen LogP contribution >= 0.6 is 15.9 Å². The largest absolute Gasteiger partial charge is 0.387 e. The summed E-state index contributed by atoms with van der Waals surface area (Å²) in [6.45, 7) is 2.00. The molecule has 0 fully saturated rings. The third-order valence-corrected chi connectivity index (χ3v) is 2.91. The standard InChI is InChI=1S/C13H13BrN2/c1-2-13(15)16-12-6-4-9-7-11(14)5-3-10(9)8-12/h3-8H,2H2,1H3,(H2,15,16). The summed E-state index contributed by atoms with van der Waals surface area (Å²) < 4.78 is 1.09. The van der Waals surface area contributed by atoms with Gasteiger partial charge in [0.15, 0.2) is 0 Å². The topological polar surface area (TPSA) is 38.4 Å². The van der Waals surface area contributed by atoms with Crippen LogP contribution in [0.4, 0.5) is 5.69 Å². The van der Waals surface area contributed by atoms with Gasteiger partial charge >= 0.3 is 0 Å². The average molecular weight is 277 g/mol. The molecule has 0 bridgehead atoms. The molecule has 0 saturated carbocycles. The van der Waals surface area contributed by atoms with Crippen molar-refractivity contribution < 1.29 is 0 Å². The van der Waals surface area contributed by atoms with Gasteiger partial charge in [0.05, 0.1) is 11.5 Å². The molecule has 2 nitrogen and oxygen atoms in total. The summed E-state index contributed by atoms with van der Waals surface area (Å²) in [6, 6.07) is 12.3. The highest BCUT2D eigenvalue weighted by molar-refractivity contribution is 9.10. The molecule has 2 rings (SSSR count). The predicted molar refractivity (Wildman–Crippen MR) is 73.2 cm³/mol. The van der Waals surface area contributed by atoms with Crippen LogP contribution < -0.4 is 5.73 Å². The molecule has 2 N–H and O–H groups in total. The van der Waals surface area contributed by atoms with Gasteiger partial charge in [0, 0.05) is 10.9 Å². The third-order valence-electron chi connectivity index (χ3n) is 2.42. The highest BCUT2D eigenvalue weighted by atomic mass is 79.9. The zero-order valence-corrected chi connectivity index (χ0v) is 10.7. The Kier molecular flexibility index (Phi) is 3.25. The molecule has 0 heterocycles. The molecule has 0 aliphatic heterocycles. The number of amidine groups is 1.